The van der Waals surface area contributed by atoms with Gasteiger partial charge in [-0.1, -0.05) is 19.8 Å². The van der Waals surface area contributed by atoms with Crippen LogP contribution < -0.4 is 5.32 Å². The molecular weight excluding hydrogens is 198 g/mol. The van der Waals surface area contributed by atoms with Crippen LogP contribution in [0.5, 0.6) is 0 Å². The minimum absolute atomic E-state index is 0.249. The Hall–Kier alpha value is -0.0800. The summed E-state index contributed by atoms with van der Waals surface area (Å²) in [6.45, 7) is 7.77. The minimum Gasteiger partial charge on any atom is -0.380 e. The number of ether oxygens (including phenoxy) is 1. The van der Waals surface area contributed by atoms with Gasteiger partial charge in [0.2, 0.25) is 0 Å². The van der Waals surface area contributed by atoms with Crippen LogP contribution in [0.4, 0.5) is 0 Å². The van der Waals surface area contributed by atoms with Crippen molar-refractivity contribution in [2.75, 3.05) is 19.8 Å². The van der Waals surface area contributed by atoms with Crippen molar-refractivity contribution >= 4 is 0 Å². The lowest BCUT2D eigenvalue weighted by Crippen LogP contribution is -2.50. The topological polar surface area (TPSA) is 21.3 Å². The Morgan fingerprint density at radius 3 is 2.88 bits per heavy atom. The molecule has 1 saturated carbocycles. The fourth-order valence-corrected chi connectivity index (χ4v) is 3.21. The van der Waals surface area contributed by atoms with Gasteiger partial charge in [0.15, 0.2) is 0 Å². The van der Waals surface area contributed by atoms with E-state index in [1.54, 1.807) is 0 Å². The van der Waals surface area contributed by atoms with Crippen LogP contribution in [0.15, 0.2) is 0 Å². The van der Waals surface area contributed by atoms with E-state index < -0.39 is 0 Å². The van der Waals surface area contributed by atoms with E-state index in [9.17, 15) is 0 Å². The van der Waals surface area contributed by atoms with Crippen LogP contribution in [0.2, 0.25) is 0 Å². The summed E-state index contributed by atoms with van der Waals surface area (Å²) in [5.74, 6) is 1.85. The molecule has 0 bridgehead atoms. The fraction of sp³-hybridized carbons (Fsp3) is 1.00. The minimum atomic E-state index is 0.249. The molecule has 2 nitrogen and oxygen atoms in total. The lowest BCUT2D eigenvalue weighted by Gasteiger charge is -2.37. The molecule has 1 N–H and O–H groups in total. The van der Waals surface area contributed by atoms with Crippen LogP contribution in [-0.2, 0) is 4.74 Å². The molecule has 3 unspecified atom stereocenters. The van der Waals surface area contributed by atoms with Crippen LogP contribution in [0.25, 0.3) is 0 Å². The maximum atomic E-state index is 5.58. The first kappa shape index (κ1) is 12.4. The van der Waals surface area contributed by atoms with Crippen molar-refractivity contribution in [3.05, 3.63) is 0 Å². The van der Waals surface area contributed by atoms with Crippen molar-refractivity contribution < 1.29 is 4.74 Å². The molecular formula is C14H27NO. The van der Waals surface area contributed by atoms with E-state index in [2.05, 4.69) is 19.2 Å². The van der Waals surface area contributed by atoms with Gasteiger partial charge in [-0.25, -0.2) is 0 Å². The summed E-state index contributed by atoms with van der Waals surface area (Å²) in [5.41, 5.74) is 0.249. The molecule has 2 fully saturated rings. The summed E-state index contributed by atoms with van der Waals surface area (Å²) < 4.78 is 5.58. The lowest BCUT2D eigenvalue weighted by molar-refractivity contribution is 0.0256. The lowest BCUT2D eigenvalue weighted by atomic mass is 9.82. The van der Waals surface area contributed by atoms with Crippen molar-refractivity contribution in [3.8, 4) is 0 Å². The highest BCUT2D eigenvalue weighted by Gasteiger charge is 2.28. The normalized spacial score (nSPS) is 40.9. The third-order valence-electron chi connectivity index (χ3n) is 4.30. The summed E-state index contributed by atoms with van der Waals surface area (Å²) in [6, 6.07) is 0. The third kappa shape index (κ3) is 3.46. The van der Waals surface area contributed by atoms with Crippen LogP contribution in [-0.4, -0.2) is 25.3 Å². The van der Waals surface area contributed by atoms with Crippen LogP contribution in [0.3, 0.4) is 0 Å². The molecule has 0 aromatic rings. The van der Waals surface area contributed by atoms with Crippen molar-refractivity contribution in [2.24, 2.45) is 11.8 Å². The van der Waals surface area contributed by atoms with Gasteiger partial charge in [-0.15, -0.1) is 0 Å². The average molecular weight is 225 g/mol. The van der Waals surface area contributed by atoms with Crippen molar-refractivity contribution in [2.45, 2.75) is 57.9 Å². The number of hydrogen-bond donors (Lipinski definition) is 1. The highest BCUT2D eigenvalue weighted by molar-refractivity contribution is 4.86. The van der Waals surface area contributed by atoms with Crippen molar-refractivity contribution in [1.82, 2.24) is 5.32 Å². The zero-order valence-corrected chi connectivity index (χ0v) is 10.9. The van der Waals surface area contributed by atoms with E-state index in [0.29, 0.717) is 0 Å². The first-order chi connectivity index (χ1) is 7.68. The highest BCUT2D eigenvalue weighted by Crippen LogP contribution is 2.29. The second-order valence-corrected chi connectivity index (χ2v) is 6.24. The molecule has 2 rings (SSSR count). The number of nitrogens with one attached hydrogen (secondary N) is 1. The van der Waals surface area contributed by atoms with Crippen LogP contribution in [0.1, 0.15) is 52.4 Å². The quantitative estimate of drug-likeness (QED) is 0.797. The fourth-order valence-electron chi connectivity index (χ4n) is 3.21. The molecule has 0 radical (unpaired) electrons. The predicted octanol–water partition coefficient (Wildman–Crippen LogP) is 2.97. The molecule has 16 heavy (non-hydrogen) atoms. The largest absolute Gasteiger partial charge is 0.380 e. The van der Waals surface area contributed by atoms with Gasteiger partial charge >= 0.3 is 0 Å². The van der Waals surface area contributed by atoms with E-state index in [0.717, 1.165) is 25.0 Å². The molecule has 1 aliphatic heterocycles. The van der Waals surface area contributed by atoms with E-state index in [1.807, 2.05) is 0 Å². The Morgan fingerprint density at radius 1 is 1.31 bits per heavy atom. The van der Waals surface area contributed by atoms with E-state index in [4.69, 9.17) is 4.74 Å². The predicted molar refractivity (Wildman–Crippen MR) is 67.6 cm³/mol. The highest BCUT2D eigenvalue weighted by atomic mass is 16.5. The van der Waals surface area contributed by atoms with Gasteiger partial charge in [0.1, 0.15) is 0 Å². The number of rotatable bonds is 3. The van der Waals surface area contributed by atoms with Crippen LogP contribution >= 0.6 is 0 Å². The van der Waals surface area contributed by atoms with Gasteiger partial charge < -0.3 is 10.1 Å². The maximum Gasteiger partial charge on any atom is 0.0645 e. The van der Waals surface area contributed by atoms with Gasteiger partial charge in [0.25, 0.3) is 0 Å². The maximum absolute atomic E-state index is 5.58. The summed E-state index contributed by atoms with van der Waals surface area (Å²) in [7, 11) is 0. The Bertz CT molecular complexity index is 211. The molecule has 0 aromatic heterocycles. The Labute approximate surface area is 100 Å². The molecule has 3 atom stereocenters. The summed E-state index contributed by atoms with van der Waals surface area (Å²) in [6.07, 6.45) is 8.20. The Balaban J connectivity index is 1.73. The Kier molecular flexibility index (Phi) is 4.26. The third-order valence-corrected chi connectivity index (χ3v) is 4.30. The van der Waals surface area contributed by atoms with E-state index in [1.165, 1.54) is 45.1 Å². The molecule has 2 aliphatic rings. The monoisotopic (exact) mass is 225 g/mol. The second kappa shape index (κ2) is 5.50. The van der Waals surface area contributed by atoms with Crippen molar-refractivity contribution in [1.29, 1.82) is 0 Å². The summed E-state index contributed by atoms with van der Waals surface area (Å²) >= 11 is 0. The van der Waals surface area contributed by atoms with E-state index in [-0.39, 0.29) is 5.54 Å². The Morgan fingerprint density at radius 2 is 2.19 bits per heavy atom. The molecule has 1 saturated heterocycles. The second-order valence-electron chi connectivity index (χ2n) is 6.24. The smallest absolute Gasteiger partial charge is 0.0645 e. The van der Waals surface area contributed by atoms with Gasteiger partial charge in [-0.05, 0) is 51.0 Å². The van der Waals surface area contributed by atoms with Crippen LogP contribution in [0, 0.1) is 11.8 Å². The first-order valence-corrected chi connectivity index (χ1v) is 7.01. The van der Waals surface area contributed by atoms with Gasteiger partial charge in [-0.2, -0.15) is 0 Å². The zero-order valence-electron chi connectivity index (χ0n) is 10.9. The zero-order chi connectivity index (χ0) is 11.4. The molecule has 1 aliphatic carbocycles. The molecule has 0 spiro atoms. The van der Waals surface area contributed by atoms with E-state index >= 15 is 0 Å². The van der Waals surface area contributed by atoms with Gasteiger partial charge in [-0.3, -0.25) is 0 Å². The standard InChI is InChI=1S/C14H27NO/c1-12-5-3-6-13(9-12)10-15-14(2)7-4-8-16-11-14/h12-13,15H,3-11H2,1-2H3. The first-order valence-electron chi connectivity index (χ1n) is 7.01. The molecule has 0 aromatic carbocycles. The molecule has 0 amide bonds. The van der Waals surface area contributed by atoms with Gasteiger partial charge in [0.05, 0.1) is 6.61 Å². The number of hydrogen-bond acceptors (Lipinski definition) is 2. The summed E-state index contributed by atoms with van der Waals surface area (Å²) in [4.78, 5) is 0. The summed E-state index contributed by atoms with van der Waals surface area (Å²) in [5, 5.41) is 3.76. The van der Waals surface area contributed by atoms with Gasteiger partial charge in [0, 0.05) is 12.1 Å². The SMILES string of the molecule is CC1CCCC(CNC2(C)CCCOC2)C1. The molecule has 2 heteroatoms. The molecule has 94 valence electrons. The average Bonchev–Trinajstić information content (AvgIpc) is 2.28. The molecule has 1 heterocycles. The van der Waals surface area contributed by atoms with Crippen molar-refractivity contribution in [3.63, 3.8) is 0 Å².